The van der Waals surface area contributed by atoms with E-state index in [1.807, 2.05) is 0 Å². The number of rotatable bonds is 7. The molecule has 0 aliphatic heterocycles. The minimum absolute atomic E-state index is 0.171. The van der Waals surface area contributed by atoms with Gasteiger partial charge in [-0.15, -0.1) is 0 Å². The molecule has 0 amide bonds. The highest BCUT2D eigenvalue weighted by Gasteiger charge is 2.39. The summed E-state index contributed by atoms with van der Waals surface area (Å²) in [5, 5.41) is 3.15. The van der Waals surface area contributed by atoms with Crippen LogP contribution in [0.5, 0.6) is 0 Å². The van der Waals surface area contributed by atoms with Gasteiger partial charge in [-0.3, -0.25) is 15.0 Å². The zero-order chi connectivity index (χ0) is 14.7. The van der Waals surface area contributed by atoms with Crippen molar-refractivity contribution in [1.29, 1.82) is 0 Å². The molecule has 0 spiro atoms. The Morgan fingerprint density at radius 1 is 1.42 bits per heavy atom. The van der Waals surface area contributed by atoms with E-state index in [9.17, 15) is 18.0 Å². The van der Waals surface area contributed by atoms with Crippen molar-refractivity contribution in [3.8, 4) is 0 Å². The Balaban J connectivity index is 2.50. The molecular formula is C12H21F3N2O2. The highest BCUT2D eigenvalue weighted by molar-refractivity contribution is 5.80. The first-order valence-corrected chi connectivity index (χ1v) is 6.28. The van der Waals surface area contributed by atoms with E-state index in [1.165, 1.54) is 14.2 Å². The van der Waals surface area contributed by atoms with Crippen LogP contribution in [0.25, 0.3) is 0 Å². The first-order chi connectivity index (χ1) is 8.66. The molecule has 1 N–H and O–H groups in total. The van der Waals surface area contributed by atoms with Gasteiger partial charge in [0.1, 0.15) is 5.54 Å². The van der Waals surface area contributed by atoms with Crippen molar-refractivity contribution >= 4 is 5.97 Å². The zero-order valence-corrected chi connectivity index (χ0v) is 11.5. The Labute approximate surface area is 111 Å². The lowest BCUT2D eigenvalue weighted by Gasteiger charge is -2.30. The van der Waals surface area contributed by atoms with Crippen LogP contribution in [0.1, 0.15) is 26.2 Å². The SMILES string of the molecule is COC(=O)C(C)(CCN(C)CC(F)(F)F)NC1CC1. The number of alkyl halides is 3. The van der Waals surface area contributed by atoms with Gasteiger partial charge in [0.05, 0.1) is 13.7 Å². The minimum Gasteiger partial charge on any atom is -0.468 e. The number of nitrogens with one attached hydrogen (secondary N) is 1. The number of nitrogens with zero attached hydrogens (tertiary/aromatic N) is 1. The fourth-order valence-corrected chi connectivity index (χ4v) is 1.94. The minimum atomic E-state index is -4.22. The van der Waals surface area contributed by atoms with Gasteiger partial charge < -0.3 is 4.74 Å². The molecule has 1 fully saturated rings. The predicted molar refractivity (Wildman–Crippen MR) is 64.7 cm³/mol. The number of methoxy groups -OCH3 is 1. The lowest BCUT2D eigenvalue weighted by Crippen LogP contribution is -2.53. The Hall–Kier alpha value is -0.820. The van der Waals surface area contributed by atoms with Crippen LogP contribution in [0.2, 0.25) is 0 Å². The molecule has 0 bridgehead atoms. The first-order valence-electron chi connectivity index (χ1n) is 6.28. The van der Waals surface area contributed by atoms with Crippen molar-refractivity contribution in [3.05, 3.63) is 0 Å². The van der Waals surface area contributed by atoms with Crippen molar-refractivity contribution in [1.82, 2.24) is 10.2 Å². The average Bonchev–Trinajstić information content (AvgIpc) is 3.06. The predicted octanol–water partition coefficient (Wildman–Crippen LogP) is 1.55. The summed E-state index contributed by atoms with van der Waals surface area (Å²) in [5.41, 5.74) is -0.921. The van der Waals surface area contributed by atoms with Gasteiger partial charge in [-0.05, 0) is 33.2 Å². The summed E-state index contributed by atoms with van der Waals surface area (Å²) in [5.74, 6) is -0.431. The molecule has 1 aliphatic carbocycles. The third-order valence-corrected chi connectivity index (χ3v) is 3.18. The second kappa shape index (κ2) is 6.09. The molecule has 1 rings (SSSR count). The Bertz CT molecular complexity index is 319. The third-order valence-electron chi connectivity index (χ3n) is 3.18. The standard InChI is InChI=1S/C12H21F3N2O2/c1-11(10(18)19-3,16-9-4-5-9)6-7-17(2)8-12(13,14)15/h9,16H,4-8H2,1-3H3. The van der Waals surface area contributed by atoms with Crippen molar-refractivity contribution in [3.63, 3.8) is 0 Å². The summed E-state index contributed by atoms with van der Waals surface area (Å²) in [6, 6.07) is 0.275. The number of halogens is 3. The molecule has 0 aromatic carbocycles. The topological polar surface area (TPSA) is 41.6 Å². The molecule has 0 aromatic rings. The number of ether oxygens (including phenoxy) is 1. The molecule has 0 aromatic heterocycles. The molecule has 1 unspecified atom stereocenters. The van der Waals surface area contributed by atoms with Crippen LogP contribution >= 0.6 is 0 Å². The molecule has 7 heteroatoms. The Kier molecular flexibility index (Phi) is 5.20. The maximum atomic E-state index is 12.2. The summed E-state index contributed by atoms with van der Waals surface area (Å²) >= 11 is 0. The van der Waals surface area contributed by atoms with E-state index in [1.54, 1.807) is 6.92 Å². The molecule has 0 heterocycles. The largest absolute Gasteiger partial charge is 0.468 e. The smallest absolute Gasteiger partial charge is 0.401 e. The van der Waals surface area contributed by atoms with E-state index in [2.05, 4.69) is 5.32 Å². The highest BCUT2D eigenvalue weighted by Crippen LogP contribution is 2.25. The van der Waals surface area contributed by atoms with Crippen LogP contribution in [0.3, 0.4) is 0 Å². The Morgan fingerprint density at radius 2 is 2.00 bits per heavy atom. The molecule has 1 saturated carbocycles. The molecule has 19 heavy (non-hydrogen) atoms. The van der Waals surface area contributed by atoms with Crippen LogP contribution in [0.4, 0.5) is 13.2 Å². The van der Waals surface area contributed by atoms with Crippen LogP contribution < -0.4 is 5.32 Å². The van der Waals surface area contributed by atoms with Crippen molar-refractivity contribution in [2.45, 2.75) is 43.9 Å². The first kappa shape index (κ1) is 16.2. The van der Waals surface area contributed by atoms with Gasteiger partial charge in [-0.1, -0.05) is 0 Å². The van der Waals surface area contributed by atoms with E-state index in [-0.39, 0.29) is 19.0 Å². The molecule has 1 aliphatic rings. The zero-order valence-electron chi connectivity index (χ0n) is 11.5. The van der Waals surface area contributed by atoms with Crippen LogP contribution in [-0.4, -0.2) is 55.9 Å². The van der Waals surface area contributed by atoms with Crippen LogP contribution in [0.15, 0.2) is 0 Å². The molecule has 4 nitrogen and oxygen atoms in total. The average molecular weight is 282 g/mol. The van der Waals surface area contributed by atoms with Gasteiger partial charge in [0, 0.05) is 12.6 Å². The van der Waals surface area contributed by atoms with Crippen molar-refractivity contribution < 1.29 is 22.7 Å². The summed E-state index contributed by atoms with van der Waals surface area (Å²) < 4.78 is 41.4. The summed E-state index contributed by atoms with van der Waals surface area (Å²) in [6.45, 7) is 0.872. The van der Waals surface area contributed by atoms with Crippen LogP contribution in [0, 0.1) is 0 Å². The van der Waals surface area contributed by atoms with E-state index in [4.69, 9.17) is 4.74 Å². The van der Waals surface area contributed by atoms with Crippen molar-refractivity contribution in [2.75, 3.05) is 27.2 Å². The van der Waals surface area contributed by atoms with E-state index in [0.717, 1.165) is 17.7 Å². The normalized spacial score (nSPS) is 19.3. The molecule has 112 valence electrons. The fraction of sp³-hybridized carbons (Fsp3) is 0.917. The van der Waals surface area contributed by atoms with E-state index < -0.39 is 24.2 Å². The van der Waals surface area contributed by atoms with Gasteiger partial charge in [-0.25, -0.2) is 0 Å². The molecule has 0 radical (unpaired) electrons. The van der Waals surface area contributed by atoms with E-state index in [0.29, 0.717) is 0 Å². The quantitative estimate of drug-likeness (QED) is 0.719. The number of hydrogen-bond donors (Lipinski definition) is 1. The molecule has 0 saturated heterocycles. The van der Waals surface area contributed by atoms with Gasteiger partial charge in [0.2, 0.25) is 0 Å². The number of carbonyl (C=O) groups is 1. The number of hydrogen-bond acceptors (Lipinski definition) is 4. The summed E-state index contributed by atoms with van der Waals surface area (Å²) in [6.07, 6.45) is -1.96. The lowest BCUT2D eigenvalue weighted by molar-refractivity contribution is -0.150. The van der Waals surface area contributed by atoms with Gasteiger partial charge in [0.15, 0.2) is 0 Å². The highest BCUT2D eigenvalue weighted by atomic mass is 19.4. The second-order valence-electron chi connectivity index (χ2n) is 5.35. The molecular weight excluding hydrogens is 261 g/mol. The van der Waals surface area contributed by atoms with Gasteiger partial charge in [0.25, 0.3) is 0 Å². The number of esters is 1. The maximum absolute atomic E-state index is 12.2. The lowest BCUT2D eigenvalue weighted by atomic mass is 9.97. The maximum Gasteiger partial charge on any atom is 0.401 e. The second-order valence-corrected chi connectivity index (χ2v) is 5.35. The summed E-state index contributed by atoms with van der Waals surface area (Å²) in [7, 11) is 2.68. The van der Waals surface area contributed by atoms with Gasteiger partial charge >= 0.3 is 12.1 Å². The molecule has 1 atom stereocenters. The monoisotopic (exact) mass is 282 g/mol. The van der Waals surface area contributed by atoms with Crippen molar-refractivity contribution in [2.24, 2.45) is 0 Å². The van der Waals surface area contributed by atoms with Crippen LogP contribution in [-0.2, 0) is 9.53 Å². The summed E-state index contributed by atoms with van der Waals surface area (Å²) in [4.78, 5) is 12.9. The fourth-order valence-electron chi connectivity index (χ4n) is 1.94. The third kappa shape index (κ3) is 5.78. The van der Waals surface area contributed by atoms with Gasteiger partial charge in [-0.2, -0.15) is 13.2 Å². The van der Waals surface area contributed by atoms with E-state index >= 15 is 0 Å². The number of carbonyl (C=O) groups excluding carboxylic acids is 1. The Morgan fingerprint density at radius 3 is 2.42 bits per heavy atom.